The quantitative estimate of drug-likeness (QED) is 0.246. The SMILES string of the molecule is CCCOC[C@@H](O)[C@H](CCCO)OCCC.CN=C(N)N. The molecule has 0 aliphatic carbocycles. The van der Waals surface area contributed by atoms with Crippen LogP contribution in [0.2, 0.25) is 0 Å². The van der Waals surface area contributed by atoms with Gasteiger partial charge in [0.15, 0.2) is 5.96 Å². The van der Waals surface area contributed by atoms with Crippen LogP contribution >= 0.6 is 0 Å². The highest BCUT2D eigenvalue weighted by Gasteiger charge is 2.19. The summed E-state index contributed by atoms with van der Waals surface area (Å²) in [7, 11) is 1.54. The van der Waals surface area contributed by atoms with Crippen LogP contribution in [0, 0.1) is 0 Å². The molecule has 0 saturated heterocycles. The van der Waals surface area contributed by atoms with Crippen molar-refractivity contribution < 1.29 is 19.7 Å². The van der Waals surface area contributed by atoms with Crippen LogP contribution in [0.15, 0.2) is 4.99 Å². The highest BCUT2D eigenvalue weighted by atomic mass is 16.5. The van der Waals surface area contributed by atoms with Crippen LogP contribution in [0.1, 0.15) is 39.5 Å². The molecule has 0 aromatic rings. The molecule has 0 amide bonds. The third-order valence-electron chi connectivity index (χ3n) is 2.51. The first-order valence-electron chi connectivity index (χ1n) is 7.49. The lowest BCUT2D eigenvalue weighted by Gasteiger charge is -2.23. The lowest BCUT2D eigenvalue weighted by Crippen LogP contribution is -2.33. The van der Waals surface area contributed by atoms with Crippen molar-refractivity contribution in [1.82, 2.24) is 0 Å². The molecule has 2 atom stereocenters. The predicted molar refractivity (Wildman–Crippen MR) is 85.2 cm³/mol. The Balaban J connectivity index is 0. The Morgan fingerprint density at radius 1 is 1.19 bits per heavy atom. The molecule has 0 radical (unpaired) electrons. The second-order valence-corrected chi connectivity index (χ2v) is 4.57. The van der Waals surface area contributed by atoms with E-state index in [1.54, 1.807) is 0 Å². The summed E-state index contributed by atoms with van der Waals surface area (Å²) in [4.78, 5) is 3.36. The van der Waals surface area contributed by atoms with Gasteiger partial charge in [0.1, 0.15) is 6.10 Å². The zero-order valence-corrected chi connectivity index (χ0v) is 13.6. The molecule has 0 aliphatic heterocycles. The highest BCUT2D eigenvalue weighted by molar-refractivity contribution is 5.75. The predicted octanol–water partition coefficient (Wildman–Crippen LogP) is 0.231. The number of rotatable bonds is 11. The number of nitrogens with zero attached hydrogens (tertiary/aromatic N) is 1. The number of nitrogens with two attached hydrogens (primary N) is 2. The van der Waals surface area contributed by atoms with Crippen molar-refractivity contribution in [1.29, 1.82) is 0 Å². The van der Waals surface area contributed by atoms with Crippen LogP contribution in [0.3, 0.4) is 0 Å². The molecule has 0 bridgehead atoms. The first-order valence-corrected chi connectivity index (χ1v) is 7.49. The monoisotopic (exact) mass is 307 g/mol. The molecule has 0 spiro atoms. The van der Waals surface area contributed by atoms with E-state index in [1.165, 1.54) is 7.05 Å². The second-order valence-electron chi connectivity index (χ2n) is 4.57. The van der Waals surface area contributed by atoms with Crippen molar-refractivity contribution >= 4 is 5.96 Å². The van der Waals surface area contributed by atoms with E-state index in [0.29, 0.717) is 32.7 Å². The molecule has 0 aliphatic rings. The van der Waals surface area contributed by atoms with Crippen molar-refractivity contribution in [2.45, 2.75) is 51.7 Å². The van der Waals surface area contributed by atoms with Gasteiger partial charge in [0.2, 0.25) is 0 Å². The number of guanidine groups is 1. The normalized spacial score (nSPS) is 13.0. The van der Waals surface area contributed by atoms with Crippen molar-refractivity contribution in [3.63, 3.8) is 0 Å². The molecular weight excluding hydrogens is 274 g/mol. The van der Waals surface area contributed by atoms with Crippen LogP contribution in [-0.4, -0.2) is 61.9 Å². The van der Waals surface area contributed by atoms with Gasteiger partial charge in [-0.25, -0.2) is 0 Å². The lowest BCUT2D eigenvalue weighted by molar-refractivity contribution is -0.0763. The smallest absolute Gasteiger partial charge is 0.185 e. The summed E-state index contributed by atoms with van der Waals surface area (Å²) in [5.41, 5.74) is 9.64. The summed E-state index contributed by atoms with van der Waals surface area (Å²) in [6.45, 7) is 5.81. The van der Waals surface area contributed by atoms with Crippen molar-refractivity contribution in [2.24, 2.45) is 16.5 Å². The van der Waals surface area contributed by atoms with E-state index in [9.17, 15) is 5.11 Å². The third kappa shape index (κ3) is 17.1. The Hall–Kier alpha value is -0.890. The second kappa shape index (κ2) is 17.2. The summed E-state index contributed by atoms with van der Waals surface area (Å²) >= 11 is 0. The van der Waals surface area contributed by atoms with Gasteiger partial charge < -0.3 is 31.2 Å². The van der Waals surface area contributed by atoms with Gasteiger partial charge in [-0.2, -0.15) is 0 Å². The van der Waals surface area contributed by atoms with E-state index >= 15 is 0 Å². The first-order chi connectivity index (χ1) is 10.0. The fourth-order valence-corrected chi connectivity index (χ4v) is 1.40. The maximum absolute atomic E-state index is 9.86. The minimum atomic E-state index is -0.593. The standard InChI is InChI=1S/C12H26O4.C2H7N3/c1-3-8-15-10-11(14)12(6-5-7-13)16-9-4-2;1-5-2(3)4/h11-14H,3-10H2,1-2H3;1H3,(H4,3,4,5)/t11-,12+;/m1./s1. The van der Waals surface area contributed by atoms with Crippen LogP contribution in [0.5, 0.6) is 0 Å². The number of aliphatic imine (C=N–C) groups is 1. The molecule has 21 heavy (non-hydrogen) atoms. The molecule has 6 N–H and O–H groups in total. The number of hydrogen-bond acceptors (Lipinski definition) is 5. The Morgan fingerprint density at radius 2 is 1.76 bits per heavy atom. The van der Waals surface area contributed by atoms with Crippen LogP contribution in [0.25, 0.3) is 0 Å². The Bertz CT molecular complexity index is 228. The van der Waals surface area contributed by atoms with Gasteiger partial charge in [0.25, 0.3) is 0 Å². The zero-order valence-electron chi connectivity index (χ0n) is 13.6. The van der Waals surface area contributed by atoms with Crippen LogP contribution < -0.4 is 11.5 Å². The molecule has 0 heterocycles. The van der Waals surface area contributed by atoms with Crippen LogP contribution in [0.4, 0.5) is 0 Å². The Labute approximate surface area is 128 Å². The summed E-state index contributed by atoms with van der Waals surface area (Å²) in [5.74, 6) is 0.130. The summed E-state index contributed by atoms with van der Waals surface area (Å²) in [6.07, 6.45) is 2.39. The van der Waals surface area contributed by atoms with Crippen molar-refractivity contribution in [2.75, 3.05) is 33.5 Å². The molecule has 0 aromatic carbocycles. The van der Waals surface area contributed by atoms with E-state index < -0.39 is 6.10 Å². The van der Waals surface area contributed by atoms with Gasteiger partial charge in [0.05, 0.1) is 12.7 Å². The average Bonchev–Trinajstić information content (AvgIpc) is 2.48. The molecule has 7 heteroatoms. The molecule has 7 nitrogen and oxygen atoms in total. The molecular formula is C14H33N3O4. The van der Waals surface area contributed by atoms with E-state index in [0.717, 1.165) is 12.8 Å². The number of hydrogen-bond donors (Lipinski definition) is 4. The van der Waals surface area contributed by atoms with Gasteiger partial charge in [-0.1, -0.05) is 13.8 Å². The molecule has 0 aromatic heterocycles. The van der Waals surface area contributed by atoms with E-state index in [-0.39, 0.29) is 18.7 Å². The lowest BCUT2D eigenvalue weighted by atomic mass is 10.1. The Morgan fingerprint density at radius 3 is 2.19 bits per heavy atom. The fourth-order valence-electron chi connectivity index (χ4n) is 1.40. The fraction of sp³-hybridized carbons (Fsp3) is 0.929. The topological polar surface area (TPSA) is 123 Å². The van der Waals surface area contributed by atoms with Crippen molar-refractivity contribution in [3.8, 4) is 0 Å². The van der Waals surface area contributed by atoms with E-state index in [4.69, 9.17) is 26.0 Å². The van der Waals surface area contributed by atoms with Gasteiger partial charge in [-0.15, -0.1) is 0 Å². The molecule has 0 rings (SSSR count). The molecule has 0 fully saturated rings. The minimum absolute atomic E-state index is 0.130. The number of aliphatic hydroxyl groups is 2. The average molecular weight is 307 g/mol. The van der Waals surface area contributed by atoms with Gasteiger partial charge in [-0.05, 0) is 25.7 Å². The van der Waals surface area contributed by atoms with Gasteiger partial charge in [-0.3, -0.25) is 4.99 Å². The van der Waals surface area contributed by atoms with Crippen molar-refractivity contribution in [3.05, 3.63) is 0 Å². The summed E-state index contributed by atoms with van der Waals surface area (Å²) < 4.78 is 10.8. The number of aliphatic hydroxyl groups excluding tert-OH is 2. The summed E-state index contributed by atoms with van der Waals surface area (Å²) in [5, 5.41) is 18.6. The molecule has 128 valence electrons. The van der Waals surface area contributed by atoms with E-state index in [2.05, 4.69) is 4.99 Å². The third-order valence-corrected chi connectivity index (χ3v) is 2.51. The molecule has 0 unspecified atom stereocenters. The van der Waals surface area contributed by atoms with Gasteiger partial charge in [0, 0.05) is 26.9 Å². The summed E-state index contributed by atoms with van der Waals surface area (Å²) in [6, 6.07) is 0. The van der Waals surface area contributed by atoms with E-state index in [1.807, 2.05) is 13.8 Å². The maximum Gasteiger partial charge on any atom is 0.185 e. The first kappa shape index (κ1) is 22.4. The Kier molecular flexibility index (Phi) is 18.3. The largest absolute Gasteiger partial charge is 0.396 e. The maximum atomic E-state index is 9.86. The van der Waals surface area contributed by atoms with Crippen LogP contribution in [-0.2, 0) is 9.47 Å². The van der Waals surface area contributed by atoms with Gasteiger partial charge >= 0.3 is 0 Å². The minimum Gasteiger partial charge on any atom is -0.396 e. The highest BCUT2D eigenvalue weighted by Crippen LogP contribution is 2.09. The molecule has 0 saturated carbocycles. The zero-order chi connectivity index (χ0) is 16.5. The number of ether oxygens (including phenoxy) is 2.